The van der Waals surface area contributed by atoms with Crippen LogP contribution in [0.5, 0.6) is 0 Å². The maximum absolute atomic E-state index is 13.5. The number of hydrogen-bond acceptors (Lipinski definition) is 6. The minimum Gasteiger partial charge on any atom is -0.861 e. The Hall–Kier alpha value is -3.93. The van der Waals surface area contributed by atoms with Crippen molar-refractivity contribution in [3.05, 3.63) is 65.4 Å². The summed E-state index contributed by atoms with van der Waals surface area (Å²) < 4.78 is 47.5. The van der Waals surface area contributed by atoms with E-state index in [0.29, 0.717) is 6.04 Å². The van der Waals surface area contributed by atoms with Crippen LogP contribution in [0.3, 0.4) is 0 Å². The topological polar surface area (TPSA) is 110 Å². The normalized spacial score (nSPS) is 18.3. The quantitative estimate of drug-likeness (QED) is 0.257. The third-order valence-corrected chi connectivity index (χ3v) is 6.85. The van der Waals surface area contributed by atoms with E-state index in [2.05, 4.69) is 39.9 Å². The van der Waals surface area contributed by atoms with Crippen LogP contribution in [-0.2, 0) is 12.6 Å². The third-order valence-electron chi connectivity index (χ3n) is 6.85. The second kappa shape index (κ2) is 11.9. The molecule has 1 saturated carbocycles. The van der Waals surface area contributed by atoms with Crippen molar-refractivity contribution in [2.45, 2.75) is 57.3 Å². The molecule has 2 aromatic carbocycles. The van der Waals surface area contributed by atoms with Crippen molar-refractivity contribution < 1.29 is 32.3 Å². The van der Waals surface area contributed by atoms with E-state index in [4.69, 9.17) is 4.52 Å². The van der Waals surface area contributed by atoms with Gasteiger partial charge in [-0.2, -0.15) is 13.2 Å². The number of urea groups is 1. The van der Waals surface area contributed by atoms with Gasteiger partial charge in [-0.25, -0.2) is 4.79 Å². The van der Waals surface area contributed by atoms with Gasteiger partial charge >= 0.3 is 18.1 Å². The van der Waals surface area contributed by atoms with Gasteiger partial charge in [-0.3, -0.25) is 14.8 Å². The van der Waals surface area contributed by atoms with Gasteiger partial charge in [0.25, 0.3) is 6.20 Å². The van der Waals surface area contributed by atoms with Crippen LogP contribution < -0.4 is 20.4 Å². The van der Waals surface area contributed by atoms with Gasteiger partial charge in [-0.1, -0.05) is 24.3 Å². The fourth-order valence-corrected chi connectivity index (χ4v) is 4.67. The molecule has 0 atom stereocenters. The molecular formula is C27H31F3N6O3. The highest BCUT2D eigenvalue weighted by Crippen LogP contribution is 2.34. The number of benzene rings is 2. The van der Waals surface area contributed by atoms with E-state index in [9.17, 15) is 23.1 Å². The number of halogens is 3. The Morgan fingerprint density at radius 3 is 2.54 bits per heavy atom. The number of amides is 2. The second-order valence-electron chi connectivity index (χ2n) is 9.93. The predicted molar refractivity (Wildman–Crippen MR) is 138 cm³/mol. The van der Waals surface area contributed by atoms with Gasteiger partial charge in [-0.05, 0) is 73.8 Å². The van der Waals surface area contributed by atoms with Crippen molar-refractivity contribution in [2.75, 3.05) is 24.7 Å². The minimum absolute atomic E-state index is 0.0486. The summed E-state index contributed by atoms with van der Waals surface area (Å²) in [6.45, 7) is 1.83. The lowest BCUT2D eigenvalue weighted by Gasteiger charge is -2.29. The predicted octanol–water partition coefficient (Wildman–Crippen LogP) is 4.61. The fraction of sp³-hybridized carbons (Fsp3) is 0.407. The van der Waals surface area contributed by atoms with Gasteiger partial charge in [0.05, 0.1) is 11.3 Å². The average molecular weight is 545 g/mol. The number of nitrogens with one attached hydrogen (secondary N) is 2. The van der Waals surface area contributed by atoms with Crippen LogP contribution in [0, 0.1) is 6.92 Å². The van der Waals surface area contributed by atoms with Crippen LogP contribution in [0.1, 0.15) is 48.4 Å². The maximum atomic E-state index is 13.5. The Bertz CT molecular complexity index is 1330. The molecule has 1 fully saturated rings. The molecule has 1 heterocycles. The maximum Gasteiger partial charge on any atom is 0.416 e. The molecule has 0 aliphatic heterocycles. The monoisotopic (exact) mass is 544 g/mol. The van der Waals surface area contributed by atoms with Gasteiger partial charge in [0, 0.05) is 31.0 Å². The highest BCUT2D eigenvalue weighted by atomic mass is 19.4. The molecule has 208 valence electrons. The summed E-state index contributed by atoms with van der Waals surface area (Å²) in [4.78, 5) is 18.6. The molecular weight excluding hydrogens is 513 g/mol. The van der Waals surface area contributed by atoms with E-state index in [0.717, 1.165) is 48.9 Å². The van der Waals surface area contributed by atoms with Crippen LogP contribution in [0.2, 0.25) is 0 Å². The Morgan fingerprint density at radius 2 is 1.87 bits per heavy atom. The first kappa shape index (κ1) is 28.1. The zero-order chi connectivity index (χ0) is 28.2. The Morgan fingerprint density at radius 1 is 1.15 bits per heavy atom. The number of carbonyl (C=O) groups is 1. The van der Waals surface area contributed by atoms with E-state index in [-0.39, 0.29) is 29.7 Å². The zero-order valence-corrected chi connectivity index (χ0v) is 22.0. The summed E-state index contributed by atoms with van der Waals surface area (Å²) in [7, 11) is 4.11. The Labute approximate surface area is 224 Å². The Balaban J connectivity index is 1.44. The molecule has 12 heteroatoms. The molecule has 39 heavy (non-hydrogen) atoms. The lowest BCUT2D eigenvalue weighted by molar-refractivity contribution is -0.787. The summed E-state index contributed by atoms with van der Waals surface area (Å²) >= 11 is 0. The van der Waals surface area contributed by atoms with Crippen molar-refractivity contribution >= 4 is 29.2 Å². The Kier molecular flexibility index (Phi) is 8.54. The van der Waals surface area contributed by atoms with Gasteiger partial charge < -0.3 is 15.3 Å². The molecule has 2 amide bonds. The number of carbonyl (C=O) groups excluding carboxylic acids is 1. The highest BCUT2D eigenvalue weighted by Gasteiger charge is 2.32. The van der Waals surface area contributed by atoms with E-state index < -0.39 is 23.7 Å². The van der Waals surface area contributed by atoms with Gasteiger partial charge in [0.2, 0.25) is 5.27 Å². The number of aromatic nitrogens is 2. The van der Waals surface area contributed by atoms with Crippen LogP contribution in [0.4, 0.5) is 35.2 Å². The summed E-state index contributed by atoms with van der Waals surface area (Å²) in [6, 6.07) is 9.74. The number of hydrogen-bond donors (Lipinski definition) is 2. The average Bonchev–Trinajstić information content (AvgIpc) is 3.33. The fourth-order valence-electron chi connectivity index (χ4n) is 4.67. The number of rotatable bonds is 7. The molecule has 0 unspecified atom stereocenters. The molecule has 0 bridgehead atoms. The van der Waals surface area contributed by atoms with Crippen LogP contribution in [0.15, 0.2) is 58.2 Å². The first-order valence-corrected chi connectivity index (χ1v) is 12.6. The molecule has 0 radical (unpaired) electrons. The number of aryl methyl sites for hydroxylation is 1. The van der Waals surface area contributed by atoms with Crippen molar-refractivity contribution in [1.29, 1.82) is 0 Å². The standard InChI is InChI=1S/C27H31F3N6O3/c1-17-6-4-5-7-18(17)12-24(37)31-20-13-19(27(28,29)30)14-21(15-20)32-26(38)33-25-16-36(34-39-25)23-10-8-22(9-11-23)35(2)3/h4-7,13-16,22-23H,8-12H2,1-3H3,(H2-,31,32,33,34,37,38). The summed E-state index contributed by atoms with van der Waals surface area (Å²) in [5.74, 6) is -0.558. The molecule has 3 aromatic rings. The SMILES string of the molecule is Cc1ccccc1CC([O-])=Nc1cc(NC(=O)Nc2c[n+](C3CCC(N(C)C)CC3)no2)cc(C(F)(F)F)c1. The zero-order valence-electron chi connectivity index (χ0n) is 22.0. The van der Waals surface area contributed by atoms with Gasteiger partial charge in [0.15, 0.2) is 6.04 Å². The van der Waals surface area contributed by atoms with Crippen LogP contribution in [0.25, 0.3) is 0 Å². The molecule has 9 nitrogen and oxygen atoms in total. The number of nitrogens with zero attached hydrogens (tertiary/aromatic N) is 4. The molecule has 4 rings (SSSR count). The van der Waals surface area contributed by atoms with E-state index in [1.165, 1.54) is 6.07 Å². The minimum atomic E-state index is -4.71. The first-order chi connectivity index (χ1) is 18.5. The highest BCUT2D eigenvalue weighted by molar-refractivity contribution is 5.99. The van der Waals surface area contributed by atoms with Crippen LogP contribution >= 0.6 is 0 Å². The van der Waals surface area contributed by atoms with Crippen LogP contribution in [-0.4, -0.2) is 42.2 Å². The van der Waals surface area contributed by atoms with Crippen molar-refractivity contribution in [1.82, 2.24) is 10.2 Å². The molecule has 1 aliphatic rings. The molecule has 2 N–H and O–H groups in total. The van der Waals surface area contributed by atoms with Gasteiger partial charge in [-0.15, -0.1) is 0 Å². The lowest BCUT2D eigenvalue weighted by Crippen LogP contribution is -2.45. The van der Waals surface area contributed by atoms with E-state index >= 15 is 0 Å². The lowest BCUT2D eigenvalue weighted by atomic mass is 9.91. The first-order valence-electron chi connectivity index (χ1n) is 12.6. The summed E-state index contributed by atoms with van der Waals surface area (Å²) in [5.41, 5.74) is 0.155. The second-order valence-corrected chi connectivity index (χ2v) is 9.93. The molecule has 0 spiro atoms. The van der Waals surface area contributed by atoms with Crippen molar-refractivity contribution in [3.63, 3.8) is 0 Å². The van der Waals surface area contributed by atoms with E-state index in [1.54, 1.807) is 23.0 Å². The largest absolute Gasteiger partial charge is 0.861 e. The number of anilines is 2. The third kappa shape index (κ3) is 7.56. The number of aliphatic imine (C=N–C) groups is 1. The van der Waals surface area contributed by atoms with E-state index in [1.807, 2.05) is 19.1 Å². The van der Waals surface area contributed by atoms with Crippen molar-refractivity contribution in [2.24, 2.45) is 4.99 Å². The molecule has 1 aromatic heterocycles. The molecule has 1 aliphatic carbocycles. The smallest absolute Gasteiger partial charge is 0.416 e. The number of alkyl halides is 3. The molecule has 0 saturated heterocycles. The van der Waals surface area contributed by atoms with Crippen molar-refractivity contribution in [3.8, 4) is 0 Å². The summed E-state index contributed by atoms with van der Waals surface area (Å²) in [5, 5.41) is 21.3. The summed E-state index contributed by atoms with van der Waals surface area (Å²) in [6.07, 6.45) is 0.620. The van der Waals surface area contributed by atoms with Gasteiger partial charge in [0.1, 0.15) is 0 Å².